The van der Waals surface area contributed by atoms with Crippen LogP contribution in [0.5, 0.6) is 5.75 Å². The summed E-state index contributed by atoms with van der Waals surface area (Å²) in [6.45, 7) is 14.9. The zero-order chi connectivity index (χ0) is 19.5. The molecule has 1 atom stereocenters. The lowest BCUT2D eigenvalue weighted by molar-refractivity contribution is 0.00444. The number of benzene rings is 1. The molecule has 1 saturated heterocycles. The van der Waals surface area contributed by atoms with Crippen LogP contribution in [0.2, 0.25) is 0 Å². The molecule has 1 heterocycles. The van der Waals surface area contributed by atoms with Crippen LogP contribution in [0.25, 0.3) is 0 Å². The Hall–Kier alpha value is -1.27. The highest BCUT2D eigenvalue weighted by Gasteiger charge is 2.30. The van der Waals surface area contributed by atoms with Gasteiger partial charge in [-0.2, -0.15) is 0 Å². The van der Waals surface area contributed by atoms with E-state index in [1.54, 1.807) is 4.90 Å². The molecule has 6 heteroatoms. The molecule has 0 saturated carbocycles. The third-order valence-corrected chi connectivity index (χ3v) is 4.82. The van der Waals surface area contributed by atoms with Gasteiger partial charge >= 0.3 is 6.09 Å². The molecule has 5 nitrogen and oxygen atoms in total. The zero-order valence-corrected chi connectivity index (χ0v) is 18.3. The minimum atomic E-state index is -0.461. The standard InChI is InChI=1S/C20H31BrN2O3/c1-14(2)25-18-16(8-7-9-17(18)21)13-22-10-11-23(12-15(22)3)19(24)26-20(4,5)6/h7-9,14-15H,10-13H2,1-6H3/t15-/m0/s1. The van der Waals surface area contributed by atoms with Crippen LogP contribution in [0.3, 0.4) is 0 Å². The lowest BCUT2D eigenvalue weighted by atomic mass is 10.1. The number of nitrogens with zero attached hydrogens (tertiary/aromatic N) is 2. The molecule has 26 heavy (non-hydrogen) atoms. The number of piperazine rings is 1. The van der Waals surface area contributed by atoms with Gasteiger partial charge in [0.2, 0.25) is 0 Å². The SMILES string of the molecule is CC(C)Oc1c(Br)cccc1CN1CCN(C(=O)OC(C)(C)C)C[C@@H]1C. The highest BCUT2D eigenvalue weighted by atomic mass is 79.9. The summed E-state index contributed by atoms with van der Waals surface area (Å²) in [5.41, 5.74) is 0.697. The van der Waals surface area contributed by atoms with Crippen LogP contribution >= 0.6 is 15.9 Å². The van der Waals surface area contributed by atoms with Crippen molar-refractivity contribution < 1.29 is 14.3 Å². The molecule has 0 radical (unpaired) electrons. The summed E-state index contributed by atoms with van der Waals surface area (Å²) >= 11 is 3.60. The lowest BCUT2D eigenvalue weighted by Crippen LogP contribution is -2.54. The first-order valence-corrected chi connectivity index (χ1v) is 10.0. The molecule has 1 aromatic carbocycles. The van der Waals surface area contributed by atoms with E-state index in [2.05, 4.69) is 33.8 Å². The molecular weight excluding hydrogens is 396 g/mol. The first-order valence-electron chi connectivity index (χ1n) is 9.23. The quantitative estimate of drug-likeness (QED) is 0.700. The maximum atomic E-state index is 12.3. The number of rotatable bonds is 4. The predicted octanol–water partition coefficient (Wildman–Crippen LogP) is 4.68. The van der Waals surface area contributed by atoms with E-state index in [0.717, 1.165) is 28.9 Å². The molecule has 1 aromatic rings. The second kappa shape index (κ2) is 8.61. The summed E-state index contributed by atoms with van der Waals surface area (Å²) in [6.07, 6.45) is -0.107. The van der Waals surface area contributed by atoms with Crippen molar-refractivity contribution in [3.8, 4) is 5.75 Å². The average Bonchev–Trinajstić information content (AvgIpc) is 2.50. The monoisotopic (exact) mass is 426 g/mol. The number of carbonyl (C=O) groups excluding carboxylic acids is 1. The van der Waals surface area contributed by atoms with Gasteiger partial charge in [-0.1, -0.05) is 12.1 Å². The second-order valence-electron chi connectivity index (χ2n) is 8.14. The number of ether oxygens (including phenoxy) is 2. The van der Waals surface area contributed by atoms with Crippen molar-refractivity contribution in [2.75, 3.05) is 19.6 Å². The Morgan fingerprint density at radius 2 is 2.00 bits per heavy atom. The third-order valence-electron chi connectivity index (χ3n) is 4.19. The van der Waals surface area contributed by atoms with Gasteiger partial charge in [-0.15, -0.1) is 0 Å². The van der Waals surface area contributed by atoms with Crippen LogP contribution in [-0.4, -0.2) is 53.3 Å². The molecule has 146 valence electrons. The molecule has 1 fully saturated rings. The normalized spacial score (nSPS) is 18.9. The second-order valence-corrected chi connectivity index (χ2v) is 8.99. The van der Waals surface area contributed by atoms with E-state index in [1.165, 1.54) is 0 Å². The maximum Gasteiger partial charge on any atom is 0.410 e. The Labute approximate surface area is 165 Å². The van der Waals surface area contributed by atoms with E-state index in [0.29, 0.717) is 13.1 Å². The van der Waals surface area contributed by atoms with Gasteiger partial charge in [0.05, 0.1) is 10.6 Å². The van der Waals surface area contributed by atoms with Crippen LogP contribution in [-0.2, 0) is 11.3 Å². The van der Waals surface area contributed by atoms with Crippen LogP contribution in [0.1, 0.15) is 47.1 Å². The van der Waals surface area contributed by atoms with E-state index in [4.69, 9.17) is 9.47 Å². The van der Waals surface area contributed by atoms with Crippen molar-refractivity contribution in [2.24, 2.45) is 0 Å². The average molecular weight is 427 g/mol. The van der Waals surface area contributed by atoms with E-state index >= 15 is 0 Å². The van der Waals surface area contributed by atoms with Crippen molar-refractivity contribution in [1.29, 1.82) is 0 Å². The van der Waals surface area contributed by atoms with E-state index in [1.807, 2.05) is 46.8 Å². The minimum absolute atomic E-state index is 0.119. The predicted molar refractivity (Wildman–Crippen MR) is 108 cm³/mol. The number of halogens is 1. The molecular formula is C20H31BrN2O3. The summed E-state index contributed by atoms with van der Waals surface area (Å²) in [4.78, 5) is 16.5. The Balaban J connectivity index is 2.03. The molecule has 0 N–H and O–H groups in total. The van der Waals surface area contributed by atoms with Crippen molar-refractivity contribution >= 4 is 22.0 Å². The summed E-state index contributed by atoms with van der Waals surface area (Å²) in [6, 6.07) is 6.40. The van der Waals surface area contributed by atoms with Gasteiger partial charge in [0.1, 0.15) is 11.4 Å². The van der Waals surface area contributed by atoms with Crippen molar-refractivity contribution in [3.05, 3.63) is 28.2 Å². The topological polar surface area (TPSA) is 42.0 Å². The first-order chi connectivity index (χ1) is 12.1. The van der Waals surface area contributed by atoms with Crippen molar-refractivity contribution in [2.45, 2.75) is 65.8 Å². The fraction of sp³-hybridized carbons (Fsp3) is 0.650. The number of para-hydroxylation sites is 1. The molecule has 0 aliphatic carbocycles. The Morgan fingerprint density at radius 3 is 2.58 bits per heavy atom. The third kappa shape index (κ3) is 5.88. The van der Waals surface area contributed by atoms with E-state index in [9.17, 15) is 4.79 Å². The van der Waals surface area contributed by atoms with Gasteiger partial charge in [-0.3, -0.25) is 4.90 Å². The fourth-order valence-electron chi connectivity index (χ4n) is 2.99. The molecule has 0 aromatic heterocycles. The number of hydrogen-bond acceptors (Lipinski definition) is 4. The van der Waals surface area contributed by atoms with Crippen LogP contribution in [0.15, 0.2) is 22.7 Å². The molecule has 0 unspecified atom stereocenters. The van der Waals surface area contributed by atoms with Gasteiger partial charge in [0.15, 0.2) is 0 Å². The van der Waals surface area contributed by atoms with Gasteiger partial charge in [-0.25, -0.2) is 4.79 Å². The highest BCUT2D eigenvalue weighted by Crippen LogP contribution is 2.31. The van der Waals surface area contributed by atoms with Crippen LogP contribution in [0, 0.1) is 0 Å². The zero-order valence-electron chi connectivity index (χ0n) is 16.7. The molecule has 1 amide bonds. The molecule has 1 aliphatic rings. The summed E-state index contributed by atoms with van der Waals surface area (Å²) in [5, 5.41) is 0. The lowest BCUT2D eigenvalue weighted by Gasteiger charge is -2.40. The summed E-state index contributed by atoms with van der Waals surface area (Å²) < 4.78 is 12.5. The highest BCUT2D eigenvalue weighted by molar-refractivity contribution is 9.10. The molecule has 2 rings (SSSR count). The van der Waals surface area contributed by atoms with Gasteiger partial charge in [0, 0.05) is 37.8 Å². The molecule has 0 bridgehead atoms. The van der Waals surface area contributed by atoms with Crippen molar-refractivity contribution in [1.82, 2.24) is 9.80 Å². The van der Waals surface area contributed by atoms with Gasteiger partial charge in [-0.05, 0) is 63.5 Å². The minimum Gasteiger partial charge on any atom is -0.489 e. The van der Waals surface area contributed by atoms with Crippen LogP contribution in [0.4, 0.5) is 4.79 Å². The van der Waals surface area contributed by atoms with E-state index in [-0.39, 0.29) is 18.2 Å². The van der Waals surface area contributed by atoms with E-state index < -0.39 is 5.60 Å². The summed E-state index contributed by atoms with van der Waals surface area (Å²) in [7, 11) is 0. The Morgan fingerprint density at radius 1 is 1.31 bits per heavy atom. The van der Waals surface area contributed by atoms with Crippen molar-refractivity contribution in [3.63, 3.8) is 0 Å². The maximum absolute atomic E-state index is 12.3. The molecule has 1 aliphatic heterocycles. The summed E-state index contributed by atoms with van der Waals surface area (Å²) in [5.74, 6) is 0.907. The van der Waals surface area contributed by atoms with Crippen LogP contribution < -0.4 is 4.74 Å². The Bertz CT molecular complexity index is 628. The van der Waals surface area contributed by atoms with Gasteiger partial charge in [0.25, 0.3) is 0 Å². The smallest absolute Gasteiger partial charge is 0.410 e. The number of carbonyl (C=O) groups is 1. The first kappa shape index (κ1) is 21.0. The largest absolute Gasteiger partial charge is 0.489 e. The Kier molecular flexibility index (Phi) is 6.97. The molecule has 0 spiro atoms. The van der Waals surface area contributed by atoms with Gasteiger partial charge < -0.3 is 14.4 Å². The number of amides is 1. The fourth-order valence-corrected chi connectivity index (χ4v) is 3.49. The number of hydrogen-bond donors (Lipinski definition) is 0.